The predicted molar refractivity (Wildman–Crippen MR) is 119 cm³/mol. The molecule has 31 heavy (non-hydrogen) atoms. The SMILES string of the molecule is O=C(CN1CCOCC1)N1CCN(C(=O)Nc2ccc3c(c2)Cc2ccccc2-3)CC1. The fourth-order valence-electron chi connectivity index (χ4n) is 4.63. The summed E-state index contributed by atoms with van der Waals surface area (Å²) in [5.41, 5.74) is 5.94. The topological polar surface area (TPSA) is 65.1 Å². The van der Waals surface area contributed by atoms with Gasteiger partial charge in [-0.2, -0.15) is 0 Å². The summed E-state index contributed by atoms with van der Waals surface area (Å²) >= 11 is 0. The van der Waals surface area contributed by atoms with Crippen molar-refractivity contribution in [1.29, 1.82) is 0 Å². The number of hydrogen-bond donors (Lipinski definition) is 1. The maximum Gasteiger partial charge on any atom is 0.321 e. The quantitative estimate of drug-likeness (QED) is 0.706. The molecule has 1 aliphatic carbocycles. The predicted octanol–water partition coefficient (Wildman–Crippen LogP) is 2.27. The molecule has 162 valence electrons. The number of anilines is 1. The summed E-state index contributed by atoms with van der Waals surface area (Å²) in [5, 5.41) is 3.04. The molecule has 0 unspecified atom stereocenters. The smallest absolute Gasteiger partial charge is 0.321 e. The van der Waals surface area contributed by atoms with Crippen molar-refractivity contribution in [3.63, 3.8) is 0 Å². The number of carbonyl (C=O) groups is 2. The molecule has 7 nitrogen and oxygen atoms in total. The summed E-state index contributed by atoms with van der Waals surface area (Å²) in [4.78, 5) is 31.1. The molecule has 2 fully saturated rings. The third kappa shape index (κ3) is 4.29. The van der Waals surface area contributed by atoms with Crippen LogP contribution in [0.2, 0.25) is 0 Å². The number of ether oxygens (including phenoxy) is 1. The molecule has 2 aliphatic heterocycles. The standard InChI is InChI=1S/C24H28N4O3/c29-23(17-26-11-13-31-14-12-26)27-7-9-28(10-8-27)24(30)25-20-5-6-22-19(16-20)15-18-3-1-2-4-21(18)22/h1-6,16H,7-15,17H2,(H,25,30). The van der Waals surface area contributed by atoms with Crippen LogP contribution in [0.3, 0.4) is 0 Å². The summed E-state index contributed by atoms with van der Waals surface area (Å²) in [6.07, 6.45) is 0.902. The van der Waals surface area contributed by atoms with Crippen molar-refractivity contribution in [2.75, 3.05) is 64.3 Å². The summed E-state index contributed by atoms with van der Waals surface area (Å²) in [6.45, 7) is 5.69. The van der Waals surface area contributed by atoms with E-state index in [0.29, 0.717) is 45.9 Å². The zero-order valence-electron chi connectivity index (χ0n) is 17.7. The van der Waals surface area contributed by atoms with Gasteiger partial charge in [-0.1, -0.05) is 30.3 Å². The lowest BCUT2D eigenvalue weighted by Gasteiger charge is -2.36. The van der Waals surface area contributed by atoms with Crippen LogP contribution in [0.1, 0.15) is 11.1 Å². The molecule has 2 aromatic rings. The monoisotopic (exact) mass is 420 g/mol. The van der Waals surface area contributed by atoms with Crippen molar-refractivity contribution < 1.29 is 14.3 Å². The summed E-state index contributed by atoms with van der Waals surface area (Å²) in [6, 6.07) is 14.5. The Hall–Kier alpha value is -2.90. The van der Waals surface area contributed by atoms with Crippen molar-refractivity contribution in [2.45, 2.75) is 6.42 Å². The van der Waals surface area contributed by atoms with E-state index < -0.39 is 0 Å². The van der Waals surface area contributed by atoms with Gasteiger partial charge in [0.15, 0.2) is 0 Å². The van der Waals surface area contributed by atoms with E-state index in [-0.39, 0.29) is 11.9 Å². The summed E-state index contributed by atoms with van der Waals surface area (Å²) in [5.74, 6) is 0.139. The Kier molecular flexibility index (Phi) is 5.61. The Morgan fingerprint density at radius 2 is 1.55 bits per heavy atom. The highest BCUT2D eigenvalue weighted by Crippen LogP contribution is 2.37. The van der Waals surface area contributed by atoms with E-state index in [2.05, 4.69) is 46.6 Å². The maximum atomic E-state index is 12.8. The van der Waals surface area contributed by atoms with Gasteiger partial charge in [0.25, 0.3) is 0 Å². The number of morpholine rings is 1. The molecule has 0 aromatic heterocycles. The van der Waals surface area contributed by atoms with Crippen LogP contribution in [-0.4, -0.2) is 85.7 Å². The lowest BCUT2D eigenvalue weighted by molar-refractivity contribution is -0.134. The Balaban J connectivity index is 1.14. The van der Waals surface area contributed by atoms with Crippen LogP contribution in [0.5, 0.6) is 0 Å². The van der Waals surface area contributed by atoms with Crippen LogP contribution < -0.4 is 5.32 Å². The number of amides is 3. The van der Waals surface area contributed by atoms with Gasteiger partial charge < -0.3 is 19.9 Å². The Morgan fingerprint density at radius 3 is 2.35 bits per heavy atom. The van der Waals surface area contributed by atoms with E-state index in [1.165, 1.54) is 22.3 Å². The number of piperazine rings is 1. The van der Waals surface area contributed by atoms with E-state index in [1.807, 2.05) is 11.0 Å². The fraction of sp³-hybridized carbons (Fsp3) is 0.417. The zero-order valence-corrected chi connectivity index (χ0v) is 17.7. The van der Waals surface area contributed by atoms with Crippen LogP contribution in [0.4, 0.5) is 10.5 Å². The van der Waals surface area contributed by atoms with Crippen molar-refractivity contribution in [3.8, 4) is 11.1 Å². The summed E-state index contributed by atoms with van der Waals surface area (Å²) in [7, 11) is 0. The van der Waals surface area contributed by atoms with E-state index >= 15 is 0 Å². The Bertz CT molecular complexity index is 979. The number of fused-ring (bicyclic) bond motifs is 3. The van der Waals surface area contributed by atoms with Crippen LogP contribution in [0, 0.1) is 0 Å². The number of carbonyl (C=O) groups excluding carboxylic acids is 2. The molecule has 0 atom stereocenters. The Labute approximate surface area is 182 Å². The number of rotatable bonds is 3. The minimum atomic E-state index is -0.101. The molecule has 3 aliphatic rings. The van der Waals surface area contributed by atoms with E-state index in [9.17, 15) is 9.59 Å². The van der Waals surface area contributed by atoms with Crippen molar-refractivity contribution in [2.24, 2.45) is 0 Å². The molecule has 5 rings (SSSR count). The Morgan fingerprint density at radius 1 is 0.839 bits per heavy atom. The van der Waals surface area contributed by atoms with Gasteiger partial charge in [0.05, 0.1) is 19.8 Å². The van der Waals surface area contributed by atoms with Gasteiger partial charge >= 0.3 is 6.03 Å². The van der Waals surface area contributed by atoms with Crippen molar-refractivity contribution in [1.82, 2.24) is 14.7 Å². The van der Waals surface area contributed by atoms with Gasteiger partial charge in [-0.3, -0.25) is 9.69 Å². The second-order valence-corrected chi connectivity index (χ2v) is 8.39. The first kappa shape index (κ1) is 20.0. The number of urea groups is 1. The molecule has 0 spiro atoms. The number of nitrogens with zero attached hydrogens (tertiary/aromatic N) is 3. The van der Waals surface area contributed by atoms with E-state index in [1.54, 1.807) is 4.90 Å². The first-order valence-corrected chi connectivity index (χ1v) is 11.0. The van der Waals surface area contributed by atoms with Gasteiger partial charge in [-0.05, 0) is 40.8 Å². The summed E-state index contributed by atoms with van der Waals surface area (Å²) < 4.78 is 5.34. The molecular formula is C24H28N4O3. The second kappa shape index (κ2) is 8.69. The molecule has 1 N–H and O–H groups in total. The van der Waals surface area contributed by atoms with Crippen LogP contribution >= 0.6 is 0 Å². The number of benzene rings is 2. The maximum absolute atomic E-state index is 12.8. The molecule has 7 heteroatoms. The van der Waals surface area contributed by atoms with Crippen LogP contribution in [0.25, 0.3) is 11.1 Å². The van der Waals surface area contributed by atoms with Crippen molar-refractivity contribution >= 4 is 17.6 Å². The van der Waals surface area contributed by atoms with Gasteiger partial charge in [0, 0.05) is 45.0 Å². The lowest BCUT2D eigenvalue weighted by Crippen LogP contribution is -2.54. The normalized spacial score (nSPS) is 18.5. The molecule has 0 radical (unpaired) electrons. The molecule has 2 saturated heterocycles. The fourth-order valence-corrected chi connectivity index (χ4v) is 4.63. The number of hydrogen-bond acceptors (Lipinski definition) is 4. The minimum absolute atomic E-state index is 0.101. The lowest BCUT2D eigenvalue weighted by atomic mass is 10.1. The highest BCUT2D eigenvalue weighted by molar-refractivity contribution is 5.91. The van der Waals surface area contributed by atoms with E-state index in [0.717, 1.165) is 25.2 Å². The second-order valence-electron chi connectivity index (χ2n) is 8.39. The van der Waals surface area contributed by atoms with Gasteiger partial charge in [-0.15, -0.1) is 0 Å². The molecule has 2 heterocycles. The highest BCUT2D eigenvalue weighted by atomic mass is 16.5. The van der Waals surface area contributed by atoms with Crippen molar-refractivity contribution in [3.05, 3.63) is 53.6 Å². The third-order valence-electron chi connectivity index (χ3n) is 6.43. The first-order valence-electron chi connectivity index (χ1n) is 11.0. The third-order valence-corrected chi connectivity index (χ3v) is 6.43. The molecular weight excluding hydrogens is 392 g/mol. The molecule has 0 saturated carbocycles. The van der Waals surface area contributed by atoms with E-state index in [4.69, 9.17) is 4.74 Å². The van der Waals surface area contributed by atoms with Crippen LogP contribution in [0.15, 0.2) is 42.5 Å². The average Bonchev–Trinajstić information content (AvgIpc) is 3.17. The highest BCUT2D eigenvalue weighted by Gasteiger charge is 2.26. The molecule has 3 amide bonds. The van der Waals surface area contributed by atoms with Gasteiger partial charge in [0.2, 0.25) is 5.91 Å². The van der Waals surface area contributed by atoms with Gasteiger partial charge in [0.1, 0.15) is 0 Å². The van der Waals surface area contributed by atoms with Crippen LogP contribution in [-0.2, 0) is 16.0 Å². The average molecular weight is 421 g/mol. The number of nitrogens with one attached hydrogen (secondary N) is 1. The minimum Gasteiger partial charge on any atom is -0.379 e. The largest absolute Gasteiger partial charge is 0.379 e. The zero-order chi connectivity index (χ0) is 21.2. The van der Waals surface area contributed by atoms with Gasteiger partial charge in [-0.25, -0.2) is 4.79 Å². The first-order chi connectivity index (χ1) is 15.2. The molecule has 2 aromatic carbocycles. The molecule has 0 bridgehead atoms.